The summed E-state index contributed by atoms with van der Waals surface area (Å²) in [5.74, 6) is 0.740. The van der Waals surface area contributed by atoms with Crippen LogP contribution in [0.2, 0.25) is 0 Å². The number of carbonyl (C=O) groups excluding carboxylic acids is 1. The van der Waals surface area contributed by atoms with Crippen LogP contribution in [0.15, 0.2) is 11.5 Å². The van der Waals surface area contributed by atoms with Crippen LogP contribution in [0, 0.1) is 5.92 Å². The molecule has 2 aliphatic heterocycles. The lowest BCUT2D eigenvalue weighted by Crippen LogP contribution is -2.51. The van der Waals surface area contributed by atoms with E-state index in [4.69, 9.17) is 5.73 Å². The first-order valence-corrected chi connectivity index (χ1v) is 6.76. The van der Waals surface area contributed by atoms with Gasteiger partial charge in [-0.1, -0.05) is 6.08 Å². The maximum absolute atomic E-state index is 12.0. The molecule has 0 bridgehead atoms. The standard InChI is InChI=1S/C11H18N2O2S/c12-9(10(14)8-3-6-16-7-8)11(15)13-4-1-2-5-13/h3,6,8-10,14H,1-2,4-5,7,12H2. The van der Waals surface area contributed by atoms with Crippen molar-refractivity contribution in [3.8, 4) is 0 Å². The lowest BCUT2D eigenvalue weighted by Gasteiger charge is -2.26. The molecule has 0 aromatic carbocycles. The van der Waals surface area contributed by atoms with Crippen LogP contribution in [0.5, 0.6) is 0 Å². The zero-order valence-corrected chi connectivity index (χ0v) is 10.0. The van der Waals surface area contributed by atoms with E-state index in [-0.39, 0.29) is 11.8 Å². The summed E-state index contributed by atoms with van der Waals surface area (Å²) in [5, 5.41) is 12.0. The van der Waals surface area contributed by atoms with Crippen molar-refractivity contribution in [3.05, 3.63) is 11.5 Å². The molecular formula is C11H18N2O2S. The van der Waals surface area contributed by atoms with E-state index in [1.807, 2.05) is 11.5 Å². The molecule has 2 aliphatic rings. The Hall–Kier alpha value is -0.520. The van der Waals surface area contributed by atoms with Crippen molar-refractivity contribution < 1.29 is 9.90 Å². The highest BCUT2D eigenvalue weighted by molar-refractivity contribution is 8.02. The Labute approximate surface area is 99.9 Å². The zero-order valence-electron chi connectivity index (χ0n) is 9.21. The van der Waals surface area contributed by atoms with E-state index in [2.05, 4.69) is 0 Å². The van der Waals surface area contributed by atoms with Crippen molar-refractivity contribution in [2.24, 2.45) is 11.7 Å². The fourth-order valence-corrected chi connectivity index (χ4v) is 3.11. The van der Waals surface area contributed by atoms with Crippen molar-refractivity contribution >= 4 is 17.7 Å². The number of likely N-dealkylation sites (tertiary alicyclic amines) is 1. The van der Waals surface area contributed by atoms with Crippen LogP contribution in [-0.4, -0.2) is 46.9 Å². The molecule has 5 heteroatoms. The Balaban J connectivity index is 1.92. The Morgan fingerprint density at radius 2 is 2.19 bits per heavy atom. The predicted molar refractivity (Wildman–Crippen MR) is 64.9 cm³/mol. The number of amides is 1. The van der Waals surface area contributed by atoms with Crippen LogP contribution in [-0.2, 0) is 4.79 Å². The van der Waals surface area contributed by atoms with Crippen LogP contribution < -0.4 is 5.73 Å². The fourth-order valence-electron chi connectivity index (χ4n) is 2.15. The van der Waals surface area contributed by atoms with Gasteiger partial charge in [0.05, 0.1) is 6.10 Å². The minimum absolute atomic E-state index is 0.0200. The number of rotatable bonds is 3. The van der Waals surface area contributed by atoms with E-state index < -0.39 is 12.1 Å². The van der Waals surface area contributed by atoms with Gasteiger partial charge in [-0.25, -0.2) is 0 Å². The number of carbonyl (C=O) groups is 1. The van der Waals surface area contributed by atoms with E-state index in [0.29, 0.717) is 0 Å². The van der Waals surface area contributed by atoms with Crippen LogP contribution >= 0.6 is 11.8 Å². The number of hydrogen-bond acceptors (Lipinski definition) is 4. The molecule has 1 saturated heterocycles. The quantitative estimate of drug-likeness (QED) is 0.740. The first-order chi connectivity index (χ1) is 7.70. The molecular weight excluding hydrogens is 224 g/mol. The average Bonchev–Trinajstić information content (AvgIpc) is 2.97. The lowest BCUT2D eigenvalue weighted by atomic mass is 9.97. The van der Waals surface area contributed by atoms with Gasteiger partial charge in [0, 0.05) is 24.8 Å². The van der Waals surface area contributed by atoms with Gasteiger partial charge in [-0.3, -0.25) is 4.79 Å². The van der Waals surface area contributed by atoms with Gasteiger partial charge in [0.15, 0.2) is 0 Å². The van der Waals surface area contributed by atoms with Crippen LogP contribution in [0.3, 0.4) is 0 Å². The maximum atomic E-state index is 12.0. The third-order valence-corrected chi connectivity index (χ3v) is 4.15. The van der Waals surface area contributed by atoms with Crippen molar-refractivity contribution in [1.29, 1.82) is 0 Å². The molecule has 90 valence electrons. The summed E-state index contributed by atoms with van der Waals surface area (Å²) in [6, 6.07) is -0.772. The molecule has 3 N–H and O–H groups in total. The summed E-state index contributed by atoms with van der Waals surface area (Å²) in [4.78, 5) is 13.7. The molecule has 0 aromatic rings. The Bertz CT molecular complexity index is 290. The highest BCUT2D eigenvalue weighted by Gasteiger charge is 2.33. The normalized spacial score (nSPS) is 28.4. The molecule has 1 amide bonds. The monoisotopic (exact) mass is 242 g/mol. The fraction of sp³-hybridized carbons (Fsp3) is 0.727. The SMILES string of the molecule is NC(C(=O)N1CCCC1)C(O)C1C=CSC1. The molecule has 0 aliphatic carbocycles. The van der Waals surface area contributed by atoms with Crippen molar-refractivity contribution in [2.75, 3.05) is 18.8 Å². The van der Waals surface area contributed by atoms with Gasteiger partial charge in [-0.05, 0) is 18.2 Å². The Kier molecular flexibility index (Phi) is 3.89. The lowest BCUT2D eigenvalue weighted by molar-refractivity contribution is -0.134. The second-order valence-electron chi connectivity index (χ2n) is 4.37. The van der Waals surface area contributed by atoms with E-state index in [1.54, 1.807) is 16.7 Å². The number of hydrogen-bond donors (Lipinski definition) is 2. The summed E-state index contributed by atoms with van der Waals surface area (Å²) >= 11 is 1.65. The van der Waals surface area contributed by atoms with Crippen molar-refractivity contribution in [2.45, 2.75) is 25.0 Å². The Morgan fingerprint density at radius 1 is 1.50 bits per heavy atom. The largest absolute Gasteiger partial charge is 0.390 e. The highest BCUT2D eigenvalue weighted by Crippen LogP contribution is 2.25. The number of aliphatic hydroxyl groups excluding tert-OH is 1. The minimum atomic E-state index is -0.772. The topological polar surface area (TPSA) is 66.6 Å². The number of nitrogens with zero attached hydrogens (tertiary/aromatic N) is 1. The van der Waals surface area contributed by atoms with Crippen LogP contribution in [0.25, 0.3) is 0 Å². The molecule has 4 nitrogen and oxygen atoms in total. The van der Waals surface area contributed by atoms with E-state index in [9.17, 15) is 9.90 Å². The third kappa shape index (κ3) is 2.42. The van der Waals surface area contributed by atoms with Gasteiger partial charge >= 0.3 is 0 Å². The predicted octanol–water partition coefficient (Wildman–Crippen LogP) is 0.174. The average molecular weight is 242 g/mol. The summed E-state index contributed by atoms with van der Waals surface area (Å²) in [5.41, 5.74) is 5.84. The van der Waals surface area contributed by atoms with Crippen molar-refractivity contribution in [3.63, 3.8) is 0 Å². The second kappa shape index (κ2) is 5.21. The summed E-state index contributed by atoms with van der Waals surface area (Å²) < 4.78 is 0. The summed E-state index contributed by atoms with van der Waals surface area (Å²) in [7, 11) is 0. The van der Waals surface area contributed by atoms with Gasteiger partial charge < -0.3 is 15.7 Å². The molecule has 0 spiro atoms. The molecule has 1 fully saturated rings. The molecule has 0 radical (unpaired) electrons. The maximum Gasteiger partial charge on any atom is 0.242 e. The molecule has 3 unspecified atom stereocenters. The second-order valence-corrected chi connectivity index (χ2v) is 5.31. The van der Waals surface area contributed by atoms with E-state index in [1.165, 1.54) is 0 Å². The number of thioether (sulfide) groups is 1. The van der Waals surface area contributed by atoms with Gasteiger partial charge in [0.2, 0.25) is 5.91 Å². The first kappa shape index (κ1) is 12.0. The summed E-state index contributed by atoms with van der Waals surface area (Å²) in [6.07, 6.45) is 3.29. The van der Waals surface area contributed by atoms with Gasteiger partial charge in [-0.2, -0.15) is 0 Å². The van der Waals surface area contributed by atoms with Crippen LogP contribution in [0.4, 0.5) is 0 Å². The van der Waals surface area contributed by atoms with Gasteiger partial charge in [-0.15, -0.1) is 11.8 Å². The van der Waals surface area contributed by atoms with Crippen LogP contribution in [0.1, 0.15) is 12.8 Å². The molecule has 2 rings (SSSR count). The molecule has 0 aromatic heterocycles. The molecule has 3 atom stereocenters. The zero-order chi connectivity index (χ0) is 11.5. The molecule has 2 heterocycles. The number of aliphatic hydroxyl groups is 1. The minimum Gasteiger partial charge on any atom is -0.390 e. The number of nitrogens with two attached hydrogens (primary N) is 1. The molecule has 16 heavy (non-hydrogen) atoms. The summed E-state index contributed by atoms with van der Waals surface area (Å²) in [6.45, 7) is 1.57. The smallest absolute Gasteiger partial charge is 0.242 e. The van der Waals surface area contributed by atoms with E-state index in [0.717, 1.165) is 31.7 Å². The molecule has 0 saturated carbocycles. The first-order valence-electron chi connectivity index (χ1n) is 5.71. The highest BCUT2D eigenvalue weighted by atomic mass is 32.2. The Morgan fingerprint density at radius 3 is 2.75 bits per heavy atom. The van der Waals surface area contributed by atoms with Gasteiger partial charge in [0.25, 0.3) is 0 Å². The third-order valence-electron chi connectivity index (χ3n) is 3.22. The van der Waals surface area contributed by atoms with Crippen molar-refractivity contribution in [1.82, 2.24) is 4.90 Å². The van der Waals surface area contributed by atoms with Gasteiger partial charge in [0.1, 0.15) is 6.04 Å². The van der Waals surface area contributed by atoms with E-state index >= 15 is 0 Å².